The second-order valence-corrected chi connectivity index (χ2v) is 5.48. The largest absolute Gasteiger partial charge is 0.329 e. The number of aromatic nitrogens is 2. The molecule has 1 atom stereocenters. The first-order valence-electron chi connectivity index (χ1n) is 6.05. The van der Waals surface area contributed by atoms with Gasteiger partial charge in [-0.05, 0) is 23.9 Å². The Morgan fingerprint density at radius 2 is 2.26 bits per heavy atom. The fourth-order valence-electron chi connectivity index (χ4n) is 2.17. The van der Waals surface area contributed by atoms with E-state index in [-0.39, 0.29) is 17.5 Å². The summed E-state index contributed by atoms with van der Waals surface area (Å²) in [7, 11) is 1.55. The molecule has 0 bridgehead atoms. The van der Waals surface area contributed by atoms with E-state index in [1.807, 2.05) is 17.5 Å². The number of aryl methyl sites for hydroxylation is 1. The molecule has 1 aliphatic rings. The number of hydrogen-bond acceptors (Lipinski definition) is 4. The van der Waals surface area contributed by atoms with Crippen molar-refractivity contribution in [2.75, 3.05) is 6.54 Å². The Morgan fingerprint density at radius 1 is 1.42 bits per heavy atom. The first kappa shape index (κ1) is 12.1. The van der Waals surface area contributed by atoms with Crippen LogP contribution in [0.5, 0.6) is 0 Å². The van der Waals surface area contributed by atoms with Crippen molar-refractivity contribution >= 4 is 17.2 Å². The van der Waals surface area contributed by atoms with E-state index in [0.29, 0.717) is 5.69 Å². The van der Waals surface area contributed by atoms with Gasteiger partial charge in [0.15, 0.2) is 0 Å². The predicted octanol–water partition coefficient (Wildman–Crippen LogP) is 1.43. The maximum absolute atomic E-state index is 12.3. The van der Waals surface area contributed by atoms with Gasteiger partial charge in [-0.3, -0.25) is 9.59 Å². The lowest BCUT2D eigenvalue weighted by Gasteiger charge is -2.40. The summed E-state index contributed by atoms with van der Waals surface area (Å²) in [5, 5.41) is 6.02. The van der Waals surface area contributed by atoms with Gasteiger partial charge in [-0.25, -0.2) is 4.68 Å². The topological polar surface area (TPSA) is 55.2 Å². The Hall–Kier alpha value is -1.95. The highest BCUT2D eigenvalue weighted by Gasteiger charge is 2.35. The molecule has 1 amide bonds. The molecule has 6 heteroatoms. The Morgan fingerprint density at radius 3 is 2.84 bits per heavy atom. The molecule has 98 valence electrons. The molecule has 5 nitrogen and oxygen atoms in total. The molecule has 0 saturated carbocycles. The van der Waals surface area contributed by atoms with Crippen molar-refractivity contribution in [2.45, 2.75) is 12.5 Å². The summed E-state index contributed by atoms with van der Waals surface area (Å²) in [6, 6.07) is 7.06. The highest BCUT2D eigenvalue weighted by molar-refractivity contribution is 7.10. The van der Waals surface area contributed by atoms with Crippen molar-refractivity contribution in [2.24, 2.45) is 7.05 Å². The van der Waals surface area contributed by atoms with Crippen LogP contribution in [0.2, 0.25) is 0 Å². The summed E-state index contributed by atoms with van der Waals surface area (Å²) in [5.41, 5.74) is 0.110. The first-order chi connectivity index (χ1) is 9.16. The van der Waals surface area contributed by atoms with Gasteiger partial charge in [0.25, 0.3) is 11.5 Å². The molecule has 0 spiro atoms. The van der Waals surface area contributed by atoms with Crippen molar-refractivity contribution in [3.63, 3.8) is 0 Å². The third-order valence-corrected chi connectivity index (χ3v) is 4.31. The molecule has 0 N–H and O–H groups in total. The molecule has 0 unspecified atom stereocenters. The minimum Gasteiger partial charge on any atom is -0.329 e. The van der Waals surface area contributed by atoms with Crippen LogP contribution in [0, 0.1) is 0 Å². The minimum absolute atomic E-state index is 0.111. The summed E-state index contributed by atoms with van der Waals surface area (Å²) < 4.78 is 1.19. The van der Waals surface area contributed by atoms with Gasteiger partial charge in [-0.1, -0.05) is 6.07 Å². The van der Waals surface area contributed by atoms with Crippen LogP contribution in [0.25, 0.3) is 0 Å². The maximum Gasteiger partial charge on any atom is 0.274 e. The summed E-state index contributed by atoms with van der Waals surface area (Å²) in [5.74, 6) is -0.111. The second-order valence-electron chi connectivity index (χ2n) is 4.50. The molecule has 2 aromatic heterocycles. The smallest absolute Gasteiger partial charge is 0.274 e. The summed E-state index contributed by atoms with van der Waals surface area (Å²) in [6.45, 7) is 0.742. The van der Waals surface area contributed by atoms with E-state index in [1.54, 1.807) is 23.3 Å². The minimum atomic E-state index is -0.213. The highest BCUT2D eigenvalue weighted by atomic mass is 32.1. The number of thiophene rings is 1. The Kier molecular flexibility index (Phi) is 2.94. The van der Waals surface area contributed by atoms with E-state index in [0.717, 1.165) is 13.0 Å². The van der Waals surface area contributed by atoms with Gasteiger partial charge in [-0.2, -0.15) is 5.10 Å². The van der Waals surface area contributed by atoms with Gasteiger partial charge in [0.05, 0.1) is 6.04 Å². The molecule has 0 aliphatic carbocycles. The number of hydrogen-bond donors (Lipinski definition) is 0. The number of carbonyl (C=O) groups excluding carboxylic acids is 1. The molecule has 1 aliphatic heterocycles. The van der Waals surface area contributed by atoms with E-state index in [4.69, 9.17) is 0 Å². The van der Waals surface area contributed by atoms with Gasteiger partial charge in [0.2, 0.25) is 0 Å². The molecular weight excluding hydrogens is 262 g/mol. The number of carbonyl (C=O) groups is 1. The molecule has 3 heterocycles. The van der Waals surface area contributed by atoms with Crippen LogP contribution in [-0.2, 0) is 7.05 Å². The zero-order valence-corrected chi connectivity index (χ0v) is 11.3. The average molecular weight is 275 g/mol. The second kappa shape index (κ2) is 4.62. The van der Waals surface area contributed by atoms with E-state index in [9.17, 15) is 9.59 Å². The van der Waals surface area contributed by atoms with Gasteiger partial charge < -0.3 is 4.90 Å². The van der Waals surface area contributed by atoms with Crippen LogP contribution in [0.15, 0.2) is 34.4 Å². The molecule has 0 aromatic carbocycles. The van der Waals surface area contributed by atoms with Crippen LogP contribution in [0.3, 0.4) is 0 Å². The van der Waals surface area contributed by atoms with Crippen molar-refractivity contribution in [1.29, 1.82) is 0 Å². The lowest BCUT2D eigenvalue weighted by Crippen LogP contribution is -2.45. The Labute approximate surface area is 114 Å². The number of likely N-dealkylation sites (tertiary alicyclic amines) is 1. The molecular formula is C13H13N3O2S. The van der Waals surface area contributed by atoms with E-state index < -0.39 is 0 Å². The normalized spacial score (nSPS) is 18.2. The SMILES string of the molecule is Cn1nc(C(=O)N2CC[C@@H]2c2cccs2)ccc1=O. The van der Waals surface area contributed by atoms with Crippen LogP contribution >= 0.6 is 11.3 Å². The maximum atomic E-state index is 12.3. The number of amides is 1. The fourth-order valence-corrected chi connectivity index (χ4v) is 3.04. The van der Waals surface area contributed by atoms with E-state index >= 15 is 0 Å². The molecule has 3 rings (SSSR count). The standard InChI is InChI=1S/C13H13N3O2S/c1-15-12(17)5-4-9(14-15)13(18)16-7-6-10(16)11-3-2-8-19-11/h2-5,8,10H,6-7H2,1H3/t10-/m1/s1. The molecule has 2 aromatic rings. The summed E-state index contributed by atoms with van der Waals surface area (Å²) in [4.78, 5) is 26.6. The molecule has 1 saturated heterocycles. The average Bonchev–Trinajstić information content (AvgIpc) is 2.84. The third-order valence-electron chi connectivity index (χ3n) is 3.33. The molecule has 19 heavy (non-hydrogen) atoms. The van der Waals surface area contributed by atoms with E-state index in [2.05, 4.69) is 5.10 Å². The first-order valence-corrected chi connectivity index (χ1v) is 6.93. The predicted molar refractivity (Wildman–Crippen MR) is 72.2 cm³/mol. The Balaban J connectivity index is 1.84. The number of rotatable bonds is 2. The highest BCUT2D eigenvalue weighted by Crippen LogP contribution is 2.36. The van der Waals surface area contributed by atoms with E-state index in [1.165, 1.54) is 21.7 Å². The molecule has 1 fully saturated rings. The monoisotopic (exact) mass is 275 g/mol. The summed E-state index contributed by atoms with van der Waals surface area (Å²) >= 11 is 1.66. The van der Waals surface area contributed by atoms with Crippen molar-refractivity contribution in [1.82, 2.24) is 14.7 Å². The van der Waals surface area contributed by atoms with Crippen LogP contribution in [0.1, 0.15) is 27.8 Å². The van der Waals surface area contributed by atoms with Gasteiger partial charge in [0, 0.05) is 24.5 Å². The van der Waals surface area contributed by atoms with Crippen molar-refractivity contribution in [3.8, 4) is 0 Å². The summed E-state index contributed by atoms with van der Waals surface area (Å²) in [6.07, 6.45) is 0.984. The van der Waals surface area contributed by atoms with Gasteiger partial charge in [-0.15, -0.1) is 11.3 Å². The van der Waals surface area contributed by atoms with Crippen LogP contribution < -0.4 is 5.56 Å². The third kappa shape index (κ3) is 2.08. The molecule has 0 radical (unpaired) electrons. The zero-order chi connectivity index (χ0) is 13.4. The lowest BCUT2D eigenvalue weighted by atomic mass is 10.0. The number of nitrogens with zero attached hydrogens (tertiary/aromatic N) is 3. The van der Waals surface area contributed by atoms with Crippen LogP contribution in [0.4, 0.5) is 0 Å². The fraction of sp³-hybridized carbons (Fsp3) is 0.308. The van der Waals surface area contributed by atoms with Crippen LogP contribution in [-0.4, -0.2) is 27.1 Å². The Bertz CT molecular complexity index is 663. The van der Waals surface area contributed by atoms with Gasteiger partial charge >= 0.3 is 0 Å². The zero-order valence-electron chi connectivity index (χ0n) is 10.4. The van der Waals surface area contributed by atoms with Crippen molar-refractivity contribution < 1.29 is 4.79 Å². The lowest BCUT2D eigenvalue weighted by molar-refractivity contribution is 0.0459. The quantitative estimate of drug-likeness (QED) is 0.833. The van der Waals surface area contributed by atoms with Crippen molar-refractivity contribution in [3.05, 3.63) is 50.6 Å². The van der Waals surface area contributed by atoms with Gasteiger partial charge in [0.1, 0.15) is 5.69 Å².